The third-order valence-electron chi connectivity index (χ3n) is 2.37. The highest BCUT2D eigenvalue weighted by atomic mass is 16.5. The van der Waals surface area contributed by atoms with Crippen LogP contribution in [0.5, 0.6) is 5.75 Å². The number of carboxylic acid groups (broad SMARTS) is 1. The summed E-state index contributed by atoms with van der Waals surface area (Å²) in [4.78, 5) is 22.0. The van der Waals surface area contributed by atoms with E-state index in [2.05, 4.69) is 0 Å². The van der Waals surface area contributed by atoms with Gasteiger partial charge in [-0.1, -0.05) is 0 Å². The van der Waals surface area contributed by atoms with Gasteiger partial charge in [0.05, 0.1) is 12.7 Å². The molecule has 2 rings (SSSR count). The average molecular weight is 246 g/mol. The molecule has 0 spiro atoms. The molecule has 1 N–H and O–H groups in total. The summed E-state index contributed by atoms with van der Waals surface area (Å²) in [5, 5.41) is 9.19. The van der Waals surface area contributed by atoms with Gasteiger partial charge in [0.25, 0.3) is 0 Å². The Labute approximate surface area is 102 Å². The number of carboxylic acids is 1. The molecule has 2 aromatic rings. The van der Waals surface area contributed by atoms with Gasteiger partial charge >= 0.3 is 11.6 Å². The third-order valence-corrected chi connectivity index (χ3v) is 2.37. The number of benzene rings is 1. The standard InChI is InChI=1S/C13H10O5/c1-17-10-3-4-11-9(7-10)6-8(13(16)18-11)2-5-12(14)15/h2-7H,1H3,(H,14,15). The Morgan fingerprint density at radius 3 is 2.83 bits per heavy atom. The fourth-order valence-corrected chi connectivity index (χ4v) is 1.52. The Kier molecular flexibility index (Phi) is 3.14. The Morgan fingerprint density at radius 1 is 1.39 bits per heavy atom. The summed E-state index contributed by atoms with van der Waals surface area (Å²) in [5.41, 5.74) is 0.0246. The van der Waals surface area contributed by atoms with E-state index in [4.69, 9.17) is 14.3 Å². The molecular formula is C13H10O5. The summed E-state index contributed by atoms with van der Waals surface area (Å²) in [6.45, 7) is 0. The highest BCUT2D eigenvalue weighted by Crippen LogP contribution is 2.20. The molecule has 18 heavy (non-hydrogen) atoms. The monoisotopic (exact) mass is 246 g/mol. The van der Waals surface area contributed by atoms with E-state index < -0.39 is 11.6 Å². The van der Waals surface area contributed by atoms with Crippen LogP contribution < -0.4 is 10.4 Å². The Hall–Kier alpha value is -2.56. The topological polar surface area (TPSA) is 76.7 Å². The summed E-state index contributed by atoms with van der Waals surface area (Å²) in [7, 11) is 1.53. The molecule has 0 atom stereocenters. The molecule has 0 radical (unpaired) electrons. The largest absolute Gasteiger partial charge is 0.497 e. The number of rotatable bonds is 3. The highest BCUT2D eigenvalue weighted by Gasteiger charge is 2.04. The zero-order valence-corrected chi connectivity index (χ0v) is 9.54. The SMILES string of the molecule is COc1ccc2oc(=O)c(C=CC(=O)O)cc2c1. The van der Waals surface area contributed by atoms with Gasteiger partial charge in [-0.05, 0) is 30.3 Å². The van der Waals surface area contributed by atoms with Gasteiger partial charge < -0.3 is 14.3 Å². The first-order valence-electron chi connectivity index (χ1n) is 5.13. The van der Waals surface area contributed by atoms with Crippen molar-refractivity contribution >= 4 is 23.0 Å². The maximum Gasteiger partial charge on any atom is 0.343 e. The number of hydrogen-bond acceptors (Lipinski definition) is 4. The van der Waals surface area contributed by atoms with Gasteiger partial charge in [0.15, 0.2) is 0 Å². The maximum absolute atomic E-state index is 11.6. The lowest BCUT2D eigenvalue weighted by Gasteiger charge is -2.02. The second kappa shape index (κ2) is 4.75. The number of hydrogen-bond donors (Lipinski definition) is 1. The molecule has 1 aromatic heterocycles. The predicted octanol–water partition coefficient (Wildman–Crippen LogP) is 1.90. The third kappa shape index (κ3) is 2.40. The molecule has 0 amide bonds. The number of ether oxygens (including phenoxy) is 1. The summed E-state index contributed by atoms with van der Waals surface area (Å²) in [6.07, 6.45) is 2.09. The van der Waals surface area contributed by atoms with E-state index in [9.17, 15) is 9.59 Å². The minimum atomic E-state index is -1.12. The highest BCUT2D eigenvalue weighted by molar-refractivity contribution is 5.86. The minimum absolute atomic E-state index is 0.179. The van der Waals surface area contributed by atoms with E-state index in [1.54, 1.807) is 24.3 Å². The average Bonchev–Trinajstić information content (AvgIpc) is 2.35. The normalized spacial score (nSPS) is 10.9. The van der Waals surface area contributed by atoms with Crippen molar-refractivity contribution in [1.82, 2.24) is 0 Å². The molecule has 5 nitrogen and oxygen atoms in total. The van der Waals surface area contributed by atoms with Crippen LogP contribution in [0.2, 0.25) is 0 Å². The van der Waals surface area contributed by atoms with Gasteiger partial charge in [0, 0.05) is 11.5 Å². The fraction of sp³-hybridized carbons (Fsp3) is 0.0769. The first kappa shape index (κ1) is 11.9. The summed E-state index contributed by atoms with van der Waals surface area (Å²) in [6, 6.07) is 6.57. The van der Waals surface area contributed by atoms with Crippen LogP contribution in [0.25, 0.3) is 17.0 Å². The summed E-state index contributed by atoms with van der Waals surface area (Å²) >= 11 is 0. The van der Waals surface area contributed by atoms with Crippen LogP contribution in [0, 0.1) is 0 Å². The van der Waals surface area contributed by atoms with E-state index in [0.29, 0.717) is 16.7 Å². The van der Waals surface area contributed by atoms with Crippen molar-refractivity contribution in [2.24, 2.45) is 0 Å². The van der Waals surface area contributed by atoms with Crippen LogP contribution >= 0.6 is 0 Å². The zero-order valence-electron chi connectivity index (χ0n) is 9.54. The lowest BCUT2D eigenvalue weighted by molar-refractivity contribution is -0.131. The van der Waals surface area contributed by atoms with Crippen molar-refractivity contribution in [1.29, 1.82) is 0 Å². The molecule has 1 heterocycles. The molecule has 92 valence electrons. The predicted molar refractivity (Wildman–Crippen MR) is 65.7 cm³/mol. The van der Waals surface area contributed by atoms with Crippen molar-refractivity contribution in [2.45, 2.75) is 0 Å². The lowest BCUT2D eigenvalue weighted by Crippen LogP contribution is -2.03. The minimum Gasteiger partial charge on any atom is -0.497 e. The Morgan fingerprint density at radius 2 is 2.17 bits per heavy atom. The molecule has 0 unspecified atom stereocenters. The van der Waals surface area contributed by atoms with Gasteiger partial charge in [0.1, 0.15) is 11.3 Å². The molecule has 0 saturated carbocycles. The van der Waals surface area contributed by atoms with E-state index in [-0.39, 0.29) is 5.56 Å². The zero-order chi connectivity index (χ0) is 13.1. The van der Waals surface area contributed by atoms with Crippen LogP contribution in [0.1, 0.15) is 5.56 Å². The van der Waals surface area contributed by atoms with Gasteiger partial charge in [-0.15, -0.1) is 0 Å². The fourth-order valence-electron chi connectivity index (χ4n) is 1.52. The molecule has 0 saturated heterocycles. The van der Waals surface area contributed by atoms with Crippen molar-refractivity contribution in [3.63, 3.8) is 0 Å². The van der Waals surface area contributed by atoms with E-state index in [0.717, 1.165) is 6.08 Å². The van der Waals surface area contributed by atoms with Crippen molar-refractivity contribution in [2.75, 3.05) is 7.11 Å². The maximum atomic E-state index is 11.6. The molecule has 0 fully saturated rings. The molecule has 0 aliphatic heterocycles. The number of fused-ring (bicyclic) bond motifs is 1. The first-order chi connectivity index (χ1) is 8.60. The second-order valence-electron chi connectivity index (χ2n) is 3.56. The van der Waals surface area contributed by atoms with Crippen LogP contribution in [-0.2, 0) is 4.79 Å². The summed E-state index contributed by atoms with van der Waals surface area (Å²) in [5.74, 6) is -0.496. The van der Waals surface area contributed by atoms with Crippen LogP contribution in [0.3, 0.4) is 0 Å². The van der Waals surface area contributed by atoms with Gasteiger partial charge in [0.2, 0.25) is 0 Å². The number of methoxy groups -OCH3 is 1. The van der Waals surface area contributed by atoms with Crippen LogP contribution in [0.4, 0.5) is 0 Å². The van der Waals surface area contributed by atoms with Crippen LogP contribution in [-0.4, -0.2) is 18.2 Å². The van der Waals surface area contributed by atoms with Gasteiger partial charge in [-0.2, -0.15) is 0 Å². The Balaban J connectivity index is 2.58. The Bertz CT molecular complexity index is 681. The molecule has 1 aromatic carbocycles. The molecular weight excluding hydrogens is 236 g/mol. The first-order valence-corrected chi connectivity index (χ1v) is 5.13. The van der Waals surface area contributed by atoms with Crippen molar-refractivity contribution in [3.05, 3.63) is 46.3 Å². The lowest BCUT2D eigenvalue weighted by atomic mass is 10.1. The van der Waals surface area contributed by atoms with E-state index >= 15 is 0 Å². The molecule has 5 heteroatoms. The van der Waals surface area contributed by atoms with Gasteiger partial charge in [-0.25, -0.2) is 9.59 Å². The van der Waals surface area contributed by atoms with E-state index in [1.165, 1.54) is 13.2 Å². The quantitative estimate of drug-likeness (QED) is 0.661. The second-order valence-corrected chi connectivity index (χ2v) is 3.56. The van der Waals surface area contributed by atoms with Gasteiger partial charge in [-0.3, -0.25) is 0 Å². The smallest absolute Gasteiger partial charge is 0.343 e. The van der Waals surface area contributed by atoms with Crippen LogP contribution in [0.15, 0.2) is 39.6 Å². The number of aliphatic carboxylic acids is 1. The van der Waals surface area contributed by atoms with E-state index in [1.807, 2.05) is 0 Å². The molecule has 0 bridgehead atoms. The summed E-state index contributed by atoms with van der Waals surface area (Å²) < 4.78 is 10.1. The molecule has 0 aliphatic carbocycles. The molecule has 0 aliphatic rings. The van der Waals surface area contributed by atoms with Crippen molar-refractivity contribution in [3.8, 4) is 5.75 Å². The number of carbonyl (C=O) groups is 1. The van der Waals surface area contributed by atoms with Crippen molar-refractivity contribution < 1.29 is 19.1 Å².